The van der Waals surface area contributed by atoms with Crippen molar-refractivity contribution in [3.05, 3.63) is 34.1 Å². The first kappa shape index (κ1) is 17.9. The second kappa shape index (κ2) is 7.74. The molecule has 0 fully saturated rings. The van der Waals surface area contributed by atoms with Gasteiger partial charge in [-0.1, -0.05) is 23.4 Å². The first-order valence-corrected chi connectivity index (χ1v) is 7.32. The lowest BCUT2D eigenvalue weighted by Gasteiger charge is -2.19. The van der Waals surface area contributed by atoms with Crippen LogP contribution in [0.5, 0.6) is 0 Å². The minimum Gasteiger partial charge on any atom is -0.478 e. The molecule has 1 rings (SSSR count). The van der Waals surface area contributed by atoms with E-state index in [1.165, 1.54) is 6.92 Å². The van der Waals surface area contributed by atoms with Gasteiger partial charge in [-0.15, -0.1) is 0 Å². The Bertz CT molecular complexity index is 552. The van der Waals surface area contributed by atoms with E-state index >= 15 is 0 Å². The molecule has 1 aromatic rings. The van der Waals surface area contributed by atoms with Gasteiger partial charge in [0.15, 0.2) is 5.12 Å². The van der Waals surface area contributed by atoms with Crippen molar-refractivity contribution >= 4 is 34.4 Å². The summed E-state index contributed by atoms with van der Waals surface area (Å²) in [6.45, 7) is 1.37. The summed E-state index contributed by atoms with van der Waals surface area (Å²) in [5.74, 6) is -2.09. The van der Waals surface area contributed by atoms with Crippen LogP contribution in [0.2, 0.25) is 5.02 Å². The Morgan fingerprint density at radius 2 is 2.00 bits per heavy atom. The topological polar surface area (TPSA) is 94.8 Å². The summed E-state index contributed by atoms with van der Waals surface area (Å²) >= 11 is 6.68. The van der Waals surface area contributed by atoms with Gasteiger partial charge in [0, 0.05) is 18.2 Å². The molecule has 0 aromatic heterocycles. The Labute approximate surface area is 129 Å². The molecule has 0 aliphatic rings. The van der Waals surface area contributed by atoms with Crippen molar-refractivity contribution in [1.82, 2.24) is 0 Å². The highest BCUT2D eigenvalue weighted by atomic mass is 35.5. The fourth-order valence-corrected chi connectivity index (χ4v) is 2.54. The van der Waals surface area contributed by atoms with E-state index in [2.05, 4.69) is 0 Å². The molecule has 0 aliphatic heterocycles. The van der Waals surface area contributed by atoms with Gasteiger partial charge in [0.05, 0.1) is 16.7 Å². The van der Waals surface area contributed by atoms with Crippen molar-refractivity contribution < 1.29 is 29.3 Å². The predicted molar refractivity (Wildman–Crippen MR) is 77.1 cm³/mol. The van der Waals surface area contributed by atoms with Crippen LogP contribution < -0.4 is 0 Å². The van der Waals surface area contributed by atoms with Crippen molar-refractivity contribution in [2.75, 3.05) is 5.75 Å². The molecule has 3 N–H and O–H groups in total. The Morgan fingerprint density at radius 1 is 1.38 bits per heavy atom. The SMILES string of the molecule is CC(=O)SCCC(O)C(O)c1cc(Cl)c(C(=O)O)cc1F. The van der Waals surface area contributed by atoms with Crippen LogP contribution in [0.15, 0.2) is 12.1 Å². The third kappa shape index (κ3) is 4.96. The third-order valence-electron chi connectivity index (χ3n) is 2.72. The smallest absolute Gasteiger partial charge is 0.337 e. The van der Waals surface area contributed by atoms with Crippen LogP contribution in [-0.4, -0.2) is 38.3 Å². The molecule has 0 saturated carbocycles. The summed E-state index contributed by atoms with van der Waals surface area (Å²) in [4.78, 5) is 21.5. The van der Waals surface area contributed by atoms with Crippen LogP contribution in [0, 0.1) is 5.82 Å². The van der Waals surface area contributed by atoms with Gasteiger partial charge in [0.1, 0.15) is 11.9 Å². The Hall–Kier alpha value is -1.15. The van der Waals surface area contributed by atoms with Gasteiger partial charge >= 0.3 is 5.97 Å². The summed E-state index contributed by atoms with van der Waals surface area (Å²) in [5.41, 5.74) is -0.711. The zero-order valence-corrected chi connectivity index (χ0v) is 12.6. The largest absolute Gasteiger partial charge is 0.478 e. The van der Waals surface area contributed by atoms with E-state index in [1.807, 2.05) is 0 Å². The number of carbonyl (C=O) groups excluding carboxylic acids is 1. The van der Waals surface area contributed by atoms with Crippen molar-refractivity contribution in [1.29, 1.82) is 0 Å². The van der Waals surface area contributed by atoms with Gasteiger partial charge in [-0.3, -0.25) is 4.79 Å². The van der Waals surface area contributed by atoms with E-state index in [0.717, 1.165) is 17.8 Å². The summed E-state index contributed by atoms with van der Waals surface area (Å²) in [6.07, 6.45) is -2.78. The minimum atomic E-state index is -1.56. The number of thioether (sulfide) groups is 1. The van der Waals surface area contributed by atoms with Crippen molar-refractivity contribution in [2.45, 2.75) is 25.6 Å². The van der Waals surface area contributed by atoms with E-state index in [1.54, 1.807) is 0 Å². The highest BCUT2D eigenvalue weighted by molar-refractivity contribution is 8.13. The molecule has 8 heteroatoms. The molecular weight excluding hydrogens is 323 g/mol. The maximum atomic E-state index is 13.8. The highest BCUT2D eigenvalue weighted by Gasteiger charge is 2.24. The molecule has 0 radical (unpaired) electrons. The fourth-order valence-electron chi connectivity index (χ4n) is 1.64. The van der Waals surface area contributed by atoms with E-state index in [0.29, 0.717) is 6.07 Å². The molecule has 0 aliphatic carbocycles. The molecule has 2 unspecified atom stereocenters. The molecule has 5 nitrogen and oxygen atoms in total. The number of aliphatic hydroxyl groups is 2. The number of carboxylic acids is 1. The van der Waals surface area contributed by atoms with E-state index in [9.17, 15) is 24.2 Å². The molecule has 0 bridgehead atoms. The number of carboxylic acid groups (broad SMARTS) is 1. The highest BCUT2D eigenvalue weighted by Crippen LogP contribution is 2.28. The number of aliphatic hydroxyl groups excluding tert-OH is 2. The van der Waals surface area contributed by atoms with Crippen LogP contribution in [0.25, 0.3) is 0 Å². The Kier molecular flexibility index (Phi) is 6.60. The molecule has 0 spiro atoms. The third-order valence-corrected chi connectivity index (χ3v) is 3.88. The summed E-state index contributed by atoms with van der Waals surface area (Å²) in [5, 5.41) is 28.1. The lowest BCUT2D eigenvalue weighted by Crippen LogP contribution is -2.20. The molecule has 0 heterocycles. The lowest BCUT2D eigenvalue weighted by atomic mass is 10.0. The fraction of sp³-hybridized carbons (Fsp3) is 0.385. The molecule has 21 heavy (non-hydrogen) atoms. The second-order valence-electron chi connectivity index (χ2n) is 4.30. The normalized spacial score (nSPS) is 13.8. The van der Waals surface area contributed by atoms with Gasteiger partial charge in [-0.05, 0) is 18.6 Å². The Morgan fingerprint density at radius 3 is 2.52 bits per heavy atom. The van der Waals surface area contributed by atoms with E-state index in [4.69, 9.17) is 16.7 Å². The van der Waals surface area contributed by atoms with Crippen molar-refractivity contribution in [2.24, 2.45) is 0 Å². The number of rotatable bonds is 6. The number of hydrogen-bond donors (Lipinski definition) is 3. The Balaban J connectivity index is 2.87. The van der Waals surface area contributed by atoms with Gasteiger partial charge in [0.2, 0.25) is 0 Å². The summed E-state index contributed by atoms with van der Waals surface area (Å²) in [7, 11) is 0. The average Bonchev–Trinajstić information content (AvgIpc) is 2.39. The predicted octanol–water partition coefficient (Wildman–Crippen LogP) is 2.24. The first-order chi connectivity index (χ1) is 9.73. The maximum absolute atomic E-state index is 13.8. The average molecular weight is 337 g/mol. The molecule has 2 atom stereocenters. The van der Waals surface area contributed by atoms with Gasteiger partial charge < -0.3 is 15.3 Å². The monoisotopic (exact) mass is 336 g/mol. The summed E-state index contributed by atoms with van der Waals surface area (Å²) < 4.78 is 13.8. The lowest BCUT2D eigenvalue weighted by molar-refractivity contribution is -0.109. The quantitative estimate of drug-likeness (QED) is 0.737. The summed E-state index contributed by atoms with van der Waals surface area (Å²) in [6, 6.07) is 1.67. The van der Waals surface area contributed by atoms with Crippen LogP contribution >= 0.6 is 23.4 Å². The molecule has 116 valence electrons. The number of halogens is 2. The van der Waals surface area contributed by atoms with Crippen LogP contribution in [0.1, 0.15) is 35.4 Å². The minimum absolute atomic E-state index is 0.0726. The van der Waals surface area contributed by atoms with Crippen LogP contribution in [-0.2, 0) is 4.79 Å². The molecule has 1 aromatic carbocycles. The number of benzene rings is 1. The molecular formula is C13H14ClFO5S. The number of hydrogen-bond acceptors (Lipinski definition) is 5. The van der Waals surface area contributed by atoms with Crippen LogP contribution in [0.3, 0.4) is 0 Å². The first-order valence-electron chi connectivity index (χ1n) is 5.95. The zero-order chi connectivity index (χ0) is 16.2. The molecule has 0 saturated heterocycles. The van der Waals surface area contributed by atoms with E-state index in [-0.39, 0.29) is 27.9 Å². The standard InChI is InChI=1S/C13H14ClFO5S/c1-6(16)21-3-2-11(17)12(18)8-4-9(14)7(13(19)20)5-10(8)15/h4-5,11-12,17-18H,2-3H2,1H3,(H,19,20). The maximum Gasteiger partial charge on any atom is 0.337 e. The van der Waals surface area contributed by atoms with Crippen LogP contribution in [0.4, 0.5) is 4.39 Å². The number of carbonyl (C=O) groups is 2. The zero-order valence-electron chi connectivity index (χ0n) is 11.0. The van der Waals surface area contributed by atoms with Gasteiger partial charge in [0.25, 0.3) is 0 Å². The van der Waals surface area contributed by atoms with Gasteiger partial charge in [-0.25, -0.2) is 9.18 Å². The second-order valence-corrected chi connectivity index (χ2v) is 5.98. The van der Waals surface area contributed by atoms with Crippen molar-refractivity contribution in [3.63, 3.8) is 0 Å². The molecule has 0 amide bonds. The van der Waals surface area contributed by atoms with E-state index < -0.39 is 29.6 Å². The van der Waals surface area contributed by atoms with Gasteiger partial charge in [-0.2, -0.15) is 0 Å². The number of aromatic carboxylic acids is 1. The van der Waals surface area contributed by atoms with Crippen molar-refractivity contribution in [3.8, 4) is 0 Å².